The maximum Gasteiger partial charge on any atom is 0.319 e. The highest BCUT2D eigenvalue weighted by Crippen LogP contribution is 2.42. The van der Waals surface area contributed by atoms with E-state index < -0.39 is 17.3 Å². The van der Waals surface area contributed by atoms with Crippen molar-refractivity contribution in [2.24, 2.45) is 5.41 Å². The van der Waals surface area contributed by atoms with Crippen LogP contribution in [-0.4, -0.2) is 17.0 Å². The molecule has 1 aromatic carbocycles. The molecule has 0 heterocycles. The predicted octanol–water partition coefficient (Wildman–Crippen LogP) is 3.60. The number of hydrogen-bond donors (Lipinski definition) is 2. The first kappa shape index (κ1) is 14.3. The van der Waals surface area contributed by atoms with Crippen molar-refractivity contribution in [2.45, 2.75) is 26.2 Å². The van der Waals surface area contributed by atoms with Crippen molar-refractivity contribution in [2.75, 3.05) is 5.32 Å². The van der Waals surface area contributed by atoms with Gasteiger partial charge in [0.2, 0.25) is 5.91 Å². The van der Waals surface area contributed by atoms with Crippen molar-refractivity contribution >= 4 is 45.1 Å². The molecule has 2 rings (SSSR count). The van der Waals surface area contributed by atoms with Gasteiger partial charge in [-0.2, -0.15) is 0 Å². The van der Waals surface area contributed by atoms with Gasteiger partial charge in [0.1, 0.15) is 5.41 Å². The van der Waals surface area contributed by atoms with E-state index in [9.17, 15) is 14.7 Å². The lowest BCUT2D eigenvalue weighted by Crippen LogP contribution is -2.48. The van der Waals surface area contributed by atoms with Crippen LogP contribution in [0.3, 0.4) is 0 Å². The molecule has 0 aromatic heterocycles. The second-order valence-corrected chi connectivity index (χ2v) is 6.04. The van der Waals surface area contributed by atoms with Crippen LogP contribution in [-0.2, 0) is 9.59 Å². The molecule has 0 bridgehead atoms. The van der Waals surface area contributed by atoms with Crippen LogP contribution in [0.2, 0.25) is 5.02 Å². The Kier molecular flexibility index (Phi) is 3.87. The smallest absolute Gasteiger partial charge is 0.319 e. The fraction of sp³-hybridized carbons (Fsp3) is 0.385. The highest BCUT2D eigenvalue weighted by atomic mass is 79.9. The van der Waals surface area contributed by atoms with Gasteiger partial charge in [0.05, 0.1) is 5.69 Å². The molecule has 1 aromatic rings. The molecule has 0 spiro atoms. The van der Waals surface area contributed by atoms with Crippen molar-refractivity contribution in [3.63, 3.8) is 0 Å². The van der Waals surface area contributed by atoms with Crippen LogP contribution >= 0.6 is 27.5 Å². The number of amides is 1. The fourth-order valence-corrected chi connectivity index (χ4v) is 2.77. The Labute approximate surface area is 124 Å². The van der Waals surface area contributed by atoms with Crippen molar-refractivity contribution in [1.29, 1.82) is 0 Å². The number of halogens is 2. The maximum absolute atomic E-state index is 12.2. The largest absolute Gasteiger partial charge is 0.480 e. The molecule has 6 heteroatoms. The summed E-state index contributed by atoms with van der Waals surface area (Å²) in [6.07, 6.45) is 1.52. The fourth-order valence-electron chi connectivity index (χ4n) is 2.05. The van der Waals surface area contributed by atoms with Crippen LogP contribution in [0.4, 0.5) is 5.69 Å². The van der Waals surface area contributed by atoms with E-state index in [2.05, 4.69) is 21.2 Å². The molecule has 0 atom stereocenters. The molecule has 19 heavy (non-hydrogen) atoms. The standard InChI is InChI=1S/C13H13BrClNO3/c1-7-5-8(14)10(6-9(7)15)16-11(17)13(12(18)19)3-2-4-13/h5-6H,2-4H2,1H3,(H,16,17)(H,18,19). The Morgan fingerprint density at radius 3 is 2.53 bits per heavy atom. The van der Waals surface area contributed by atoms with Gasteiger partial charge in [0.25, 0.3) is 0 Å². The van der Waals surface area contributed by atoms with E-state index in [1.54, 1.807) is 12.1 Å². The number of anilines is 1. The number of carbonyl (C=O) groups excluding carboxylic acids is 1. The molecular weight excluding hydrogens is 334 g/mol. The van der Waals surface area contributed by atoms with Gasteiger partial charge in [0.15, 0.2) is 0 Å². The van der Waals surface area contributed by atoms with Gasteiger partial charge in [-0.15, -0.1) is 0 Å². The Bertz CT molecular complexity index is 555. The molecule has 1 amide bonds. The minimum atomic E-state index is -1.28. The number of nitrogens with one attached hydrogen (secondary N) is 1. The van der Waals surface area contributed by atoms with Gasteiger partial charge in [-0.05, 0) is 53.4 Å². The third-order valence-electron chi connectivity index (χ3n) is 3.55. The van der Waals surface area contributed by atoms with Gasteiger partial charge in [-0.25, -0.2) is 0 Å². The lowest BCUT2D eigenvalue weighted by atomic mass is 9.68. The normalized spacial score (nSPS) is 16.6. The molecule has 1 aliphatic rings. The highest BCUT2D eigenvalue weighted by molar-refractivity contribution is 9.10. The summed E-state index contributed by atoms with van der Waals surface area (Å²) in [5.41, 5.74) is 0.0906. The van der Waals surface area contributed by atoms with Crippen molar-refractivity contribution in [3.05, 3.63) is 27.2 Å². The molecule has 2 N–H and O–H groups in total. The van der Waals surface area contributed by atoms with Crippen LogP contribution in [0, 0.1) is 12.3 Å². The first-order chi connectivity index (χ1) is 8.86. The number of carboxylic acid groups (broad SMARTS) is 1. The summed E-state index contributed by atoms with van der Waals surface area (Å²) >= 11 is 9.34. The molecule has 4 nitrogen and oxygen atoms in total. The molecule has 0 saturated heterocycles. The summed E-state index contributed by atoms with van der Waals surface area (Å²) in [4.78, 5) is 23.4. The lowest BCUT2D eigenvalue weighted by molar-refractivity contribution is -0.159. The number of rotatable bonds is 3. The highest BCUT2D eigenvalue weighted by Gasteiger charge is 2.51. The first-order valence-corrected chi connectivity index (χ1v) is 7.04. The van der Waals surface area contributed by atoms with Crippen LogP contribution in [0.15, 0.2) is 16.6 Å². The van der Waals surface area contributed by atoms with E-state index in [1.165, 1.54) is 0 Å². The van der Waals surface area contributed by atoms with Crippen molar-refractivity contribution in [1.82, 2.24) is 0 Å². The number of hydrogen-bond acceptors (Lipinski definition) is 2. The zero-order valence-electron chi connectivity index (χ0n) is 10.3. The summed E-state index contributed by atoms with van der Waals surface area (Å²) in [5.74, 6) is -1.54. The van der Waals surface area contributed by atoms with Crippen LogP contribution < -0.4 is 5.32 Å². The van der Waals surface area contributed by atoms with Crippen LogP contribution in [0.1, 0.15) is 24.8 Å². The molecule has 1 fully saturated rings. The molecule has 0 aliphatic heterocycles. The van der Waals surface area contributed by atoms with E-state index in [-0.39, 0.29) is 0 Å². The number of carbonyl (C=O) groups is 2. The monoisotopic (exact) mass is 345 g/mol. The van der Waals surface area contributed by atoms with Gasteiger partial charge in [-0.3, -0.25) is 9.59 Å². The minimum Gasteiger partial charge on any atom is -0.480 e. The molecular formula is C13H13BrClNO3. The quantitative estimate of drug-likeness (QED) is 0.822. The minimum absolute atomic E-state index is 0.380. The Hall–Kier alpha value is -1.07. The molecule has 102 valence electrons. The second-order valence-electron chi connectivity index (χ2n) is 4.78. The Balaban J connectivity index is 2.24. The summed E-state index contributed by atoms with van der Waals surface area (Å²) < 4.78 is 0.683. The van der Waals surface area contributed by atoms with Crippen LogP contribution in [0.5, 0.6) is 0 Å². The summed E-state index contributed by atoms with van der Waals surface area (Å²) in [6, 6.07) is 3.40. The molecule has 1 aliphatic carbocycles. The third kappa shape index (κ3) is 2.49. The van der Waals surface area contributed by atoms with Gasteiger partial charge in [0, 0.05) is 9.50 Å². The van der Waals surface area contributed by atoms with E-state index in [0.717, 1.165) is 12.0 Å². The van der Waals surface area contributed by atoms with Gasteiger partial charge < -0.3 is 10.4 Å². The maximum atomic E-state index is 12.2. The topological polar surface area (TPSA) is 66.4 Å². The summed E-state index contributed by atoms with van der Waals surface area (Å²) in [5, 5.41) is 12.4. The molecule has 0 radical (unpaired) electrons. The SMILES string of the molecule is Cc1cc(Br)c(NC(=O)C2(C(=O)O)CCC2)cc1Cl. The van der Waals surface area contributed by atoms with Gasteiger partial charge >= 0.3 is 5.97 Å². The van der Waals surface area contributed by atoms with Crippen LogP contribution in [0.25, 0.3) is 0 Å². The zero-order valence-corrected chi connectivity index (χ0v) is 12.6. The Morgan fingerprint density at radius 2 is 2.05 bits per heavy atom. The third-order valence-corrected chi connectivity index (χ3v) is 4.61. The first-order valence-electron chi connectivity index (χ1n) is 5.87. The summed E-state index contributed by atoms with van der Waals surface area (Å²) in [6.45, 7) is 1.85. The van der Waals surface area contributed by atoms with E-state index >= 15 is 0 Å². The van der Waals surface area contributed by atoms with E-state index in [0.29, 0.717) is 28.0 Å². The number of aryl methyl sites for hydroxylation is 1. The zero-order chi connectivity index (χ0) is 14.2. The van der Waals surface area contributed by atoms with E-state index in [1.807, 2.05) is 6.92 Å². The van der Waals surface area contributed by atoms with Crippen molar-refractivity contribution in [3.8, 4) is 0 Å². The summed E-state index contributed by atoms with van der Waals surface area (Å²) in [7, 11) is 0. The van der Waals surface area contributed by atoms with Crippen molar-refractivity contribution < 1.29 is 14.7 Å². The van der Waals surface area contributed by atoms with E-state index in [4.69, 9.17) is 11.6 Å². The Morgan fingerprint density at radius 1 is 1.42 bits per heavy atom. The lowest BCUT2D eigenvalue weighted by Gasteiger charge is -2.35. The predicted molar refractivity (Wildman–Crippen MR) is 76.4 cm³/mol. The number of aliphatic carboxylic acids is 1. The average molecular weight is 347 g/mol. The number of benzene rings is 1. The molecule has 1 saturated carbocycles. The van der Waals surface area contributed by atoms with Gasteiger partial charge in [-0.1, -0.05) is 18.0 Å². The average Bonchev–Trinajstić information content (AvgIpc) is 2.23. The number of carboxylic acids is 1. The molecule has 0 unspecified atom stereocenters. The second kappa shape index (κ2) is 5.13.